The molecule has 0 aliphatic rings. The monoisotopic (exact) mass is 1930 g/mol. The fraction of sp³-hybridized carbons (Fsp3) is 0.167. The predicted octanol–water partition coefficient (Wildman–Crippen LogP) is 13.1. The Labute approximate surface area is 716 Å². The minimum absolute atomic E-state index is 0.858. The smallest absolute Gasteiger partial charge is 0.271 e. The maximum atomic E-state index is 13.4. The van der Waals surface area contributed by atoms with Crippen molar-refractivity contribution in [1.29, 1.82) is 31.6 Å². The number of nitriles is 6. The van der Waals surface area contributed by atoms with Crippen molar-refractivity contribution >= 4 is 69.6 Å². The number of rotatable bonds is 18. The third-order valence-corrected chi connectivity index (χ3v) is 14.6. The molecule has 0 saturated heterocycles. The van der Waals surface area contributed by atoms with Gasteiger partial charge in [-0.15, -0.1) is 0 Å². The van der Waals surface area contributed by atoms with E-state index in [1.807, 2.05) is 0 Å². The van der Waals surface area contributed by atoms with Crippen LogP contribution in [0.2, 0.25) is 0 Å². The normalized spacial score (nSPS) is 11.5. The first-order chi connectivity index (χ1) is 60.8. The first kappa shape index (κ1) is 113. The lowest BCUT2D eigenvalue weighted by atomic mass is 10.2. The van der Waals surface area contributed by atoms with Crippen molar-refractivity contribution in [2.45, 2.75) is 0 Å². The molecule has 0 atom stereocenters. The zero-order valence-electron chi connectivity index (χ0n) is 66.8. The van der Waals surface area contributed by atoms with Crippen LogP contribution in [0.25, 0.3) is 0 Å². The number of amides is 6. The molecule has 132 heavy (non-hydrogen) atoms. The SMILES string of the molecule is CN(C)/C(O)=C(\C#N)C(=O)Nc1c(F)c(F)c(F)c(F)c1F.CN(C)/C(O)=C(\C#N)C(=O)Nc1c(F)c(F)c(F)c(F)c1F.CN(C)/C(O)=C(\C#N)C(=O)Nc1c(F)c(F)c(F)c(F)c1F.CN(C)/C(O)=C(\C#N)C(=O)Nc1c(F)c(F)c(F)c(F)c1F.CN(C)/C(O)=C(\C#N)C(=O)Nc1c(F)c(F)c(F)c(F)c1F.CN(C)/C(O)=C(\C#N)C(=O)Nc1c(F)c(F)c(F)c(F)c1F. The molecule has 0 radical (unpaired) electrons. The number of halogens is 30. The Morgan fingerprint density at radius 2 is 0.242 bits per heavy atom. The zero-order valence-corrected chi connectivity index (χ0v) is 66.8. The van der Waals surface area contributed by atoms with E-state index in [9.17, 15) is 191 Å². The van der Waals surface area contributed by atoms with Crippen molar-refractivity contribution in [3.63, 3.8) is 0 Å². The molecular formula is C72H48F30N18O12. The molecule has 6 aromatic rings. The first-order valence-electron chi connectivity index (χ1n) is 32.8. The second-order valence-corrected chi connectivity index (χ2v) is 24.6. The molecule has 6 rings (SSSR count). The molecule has 0 bridgehead atoms. The number of nitrogens with zero attached hydrogens (tertiary/aromatic N) is 12. The standard InChI is InChI=1S/6C12H8F5N3O2/c6*1-20(2)12(22)4(3-18)11(21)19-10-8(16)6(14)5(13)7(15)9(10)17/h6*22H,1-2H3,(H,19,21)/b6*12-4-. The molecule has 0 aromatic heterocycles. The zero-order chi connectivity index (χ0) is 103. The molecule has 0 aliphatic heterocycles. The van der Waals surface area contributed by atoms with Gasteiger partial charge in [0.2, 0.25) is 70.2 Å². The summed E-state index contributed by atoms with van der Waals surface area (Å²) in [6, 6.07) is 7.51. The van der Waals surface area contributed by atoms with Gasteiger partial charge in [-0.1, -0.05) is 0 Å². The quantitative estimate of drug-likeness (QED) is 0.00949. The highest BCUT2D eigenvalue weighted by Crippen LogP contribution is 2.35. The van der Waals surface area contributed by atoms with Crippen LogP contribution in [0, 0.1) is 243 Å². The molecule has 12 N–H and O–H groups in total. The molecule has 708 valence electrons. The number of benzene rings is 6. The highest BCUT2D eigenvalue weighted by molar-refractivity contribution is 6.10. The molecule has 0 fully saturated rings. The Hall–Kier alpha value is -17.0. The number of aliphatic hydroxyl groups is 6. The van der Waals surface area contributed by atoms with E-state index >= 15 is 0 Å². The summed E-state index contributed by atoms with van der Waals surface area (Å²) in [5.41, 5.74) is -15.6. The number of carbonyl (C=O) groups excluding carboxylic acids is 6. The lowest BCUT2D eigenvalue weighted by Gasteiger charge is -2.13. The number of hydrogen-bond donors (Lipinski definition) is 12. The van der Waals surface area contributed by atoms with Crippen LogP contribution in [-0.4, -0.2) is 180 Å². The second kappa shape index (κ2) is 47.5. The summed E-state index contributed by atoms with van der Waals surface area (Å²) in [6.07, 6.45) is 0. The van der Waals surface area contributed by atoms with Gasteiger partial charge in [0.25, 0.3) is 35.4 Å². The van der Waals surface area contributed by atoms with Crippen molar-refractivity contribution < 1.29 is 191 Å². The number of nitrogens with one attached hydrogen (secondary N) is 6. The largest absolute Gasteiger partial charge is 0.494 e. The van der Waals surface area contributed by atoms with Gasteiger partial charge in [0, 0.05) is 84.6 Å². The highest BCUT2D eigenvalue weighted by atomic mass is 19.2. The predicted molar refractivity (Wildman–Crippen MR) is 383 cm³/mol. The third kappa shape index (κ3) is 25.7. The number of carbonyl (C=O) groups is 6. The van der Waals surface area contributed by atoms with E-state index in [4.69, 9.17) is 31.6 Å². The number of aliphatic hydroxyl groups excluding tert-OH is 6. The van der Waals surface area contributed by atoms with Gasteiger partial charge in [0.05, 0.1) is 0 Å². The van der Waals surface area contributed by atoms with Gasteiger partial charge in [0.15, 0.2) is 173 Å². The van der Waals surface area contributed by atoms with E-state index in [2.05, 4.69) is 0 Å². The molecule has 0 unspecified atom stereocenters. The van der Waals surface area contributed by atoms with Crippen LogP contribution in [0.3, 0.4) is 0 Å². The molecule has 0 aliphatic carbocycles. The Morgan fingerprint density at radius 1 is 0.174 bits per heavy atom. The van der Waals surface area contributed by atoms with E-state index in [-0.39, 0.29) is 0 Å². The van der Waals surface area contributed by atoms with Crippen LogP contribution in [0.15, 0.2) is 68.7 Å². The molecule has 6 aromatic carbocycles. The molecule has 6 amide bonds. The van der Waals surface area contributed by atoms with Crippen molar-refractivity contribution in [2.24, 2.45) is 0 Å². The van der Waals surface area contributed by atoms with Crippen LogP contribution in [0.1, 0.15) is 0 Å². The van der Waals surface area contributed by atoms with E-state index in [1.54, 1.807) is 0 Å². The Balaban J connectivity index is 0.000000792. The van der Waals surface area contributed by atoms with E-state index in [0.717, 1.165) is 29.4 Å². The van der Waals surface area contributed by atoms with Crippen molar-refractivity contribution in [1.82, 2.24) is 29.4 Å². The molecule has 0 heterocycles. The van der Waals surface area contributed by atoms with E-state index in [0.29, 0.717) is 0 Å². The fourth-order valence-electron chi connectivity index (χ4n) is 7.90. The third-order valence-electron chi connectivity index (χ3n) is 14.6. The van der Waals surface area contributed by atoms with Gasteiger partial charge < -0.3 is 91.9 Å². The highest BCUT2D eigenvalue weighted by Gasteiger charge is 2.36. The van der Waals surface area contributed by atoms with Gasteiger partial charge >= 0.3 is 0 Å². The van der Waals surface area contributed by atoms with Crippen LogP contribution in [0.5, 0.6) is 0 Å². The summed E-state index contributed by atoms with van der Waals surface area (Å²) in [7, 11) is 15.0. The van der Waals surface area contributed by atoms with Gasteiger partial charge in [-0.25, -0.2) is 132 Å². The summed E-state index contributed by atoms with van der Waals surface area (Å²) >= 11 is 0. The number of anilines is 6. The van der Waals surface area contributed by atoms with Crippen molar-refractivity contribution in [3.05, 3.63) is 243 Å². The molecule has 0 spiro atoms. The second-order valence-electron chi connectivity index (χ2n) is 24.6. The van der Waals surface area contributed by atoms with Gasteiger partial charge in [0.1, 0.15) is 70.5 Å². The molecule has 0 saturated carbocycles. The van der Waals surface area contributed by atoms with Crippen LogP contribution in [-0.2, 0) is 28.8 Å². The average Bonchev–Trinajstić information content (AvgIpc) is 0.816. The molecule has 60 heteroatoms. The van der Waals surface area contributed by atoms with Crippen molar-refractivity contribution in [3.8, 4) is 36.4 Å². The first-order valence-corrected chi connectivity index (χ1v) is 32.8. The maximum Gasteiger partial charge on any atom is 0.271 e. The summed E-state index contributed by atoms with van der Waals surface area (Å²) in [4.78, 5) is 75.5. The Bertz CT molecular complexity index is 5030. The van der Waals surface area contributed by atoms with E-state index < -0.39 is 313 Å². The minimum Gasteiger partial charge on any atom is -0.494 e. The topological polar surface area (TPSA) is 458 Å². The van der Waals surface area contributed by atoms with Gasteiger partial charge in [-0.05, 0) is 0 Å². The maximum absolute atomic E-state index is 13.4. The lowest BCUT2D eigenvalue weighted by Crippen LogP contribution is -2.23. The molecule has 30 nitrogen and oxygen atoms in total. The van der Waals surface area contributed by atoms with Crippen LogP contribution in [0.4, 0.5) is 166 Å². The summed E-state index contributed by atoms with van der Waals surface area (Å²) in [6.45, 7) is 0. The lowest BCUT2D eigenvalue weighted by molar-refractivity contribution is -0.113. The Morgan fingerprint density at radius 3 is 0.303 bits per heavy atom. The van der Waals surface area contributed by atoms with Crippen molar-refractivity contribution in [2.75, 3.05) is 116 Å². The fourth-order valence-corrected chi connectivity index (χ4v) is 7.90. The summed E-state index contributed by atoms with van der Waals surface area (Å²) in [5.74, 6) is -83.1. The minimum atomic E-state index is -2.39. The van der Waals surface area contributed by atoms with Gasteiger partial charge in [-0.2, -0.15) is 31.6 Å². The van der Waals surface area contributed by atoms with Crippen LogP contribution >= 0.6 is 0 Å². The number of hydrogen-bond acceptors (Lipinski definition) is 24. The average molecular weight is 1930 g/mol. The summed E-state index contributed by atoms with van der Waals surface area (Å²) in [5, 5.41) is 117. The Kier molecular flexibility index (Phi) is 40.7. The summed E-state index contributed by atoms with van der Waals surface area (Å²) < 4.78 is 393. The van der Waals surface area contributed by atoms with Gasteiger partial charge in [-0.3, -0.25) is 28.8 Å². The van der Waals surface area contributed by atoms with Crippen LogP contribution < -0.4 is 31.9 Å². The van der Waals surface area contributed by atoms with E-state index in [1.165, 1.54) is 153 Å². The molecular weight excluding hydrogens is 1880 g/mol.